The maximum atomic E-state index is 12.2. The van der Waals surface area contributed by atoms with Gasteiger partial charge in [-0.15, -0.1) is 0 Å². The number of nitrogen functional groups attached to an aromatic ring is 1. The van der Waals surface area contributed by atoms with Gasteiger partial charge in [-0.3, -0.25) is 10.8 Å². The summed E-state index contributed by atoms with van der Waals surface area (Å²) >= 11 is 0. The minimum atomic E-state index is -3.57. The predicted molar refractivity (Wildman–Crippen MR) is 69.2 cm³/mol. The van der Waals surface area contributed by atoms with Gasteiger partial charge in [-0.2, -0.15) is 0 Å². The summed E-state index contributed by atoms with van der Waals surface area (Å²) in [5.74, 6) is 5.30. The van der Waals surface area contributed by atoms with Gasteiger partial charge in [-0.1, -0.05) is 13.3 Å². The number of hydrogen-bond donors (Lipinski definition) is 3. The van der Waals surface area contributed by atoms with Crippen molar-refractivity contribution in [3.8, 4) is 0 Å². The zero-order valence-electron chi connectivity index (χ0n) is 10.3. The van der Waals surface area contributed by atoms with E-state index in [1.54, 1.807) is 0 Å². The summed E-state index contributed by atoms with van der Waals surface area (Å²) in [6.45, 7) is 2.54. The van der Waals surface area contributed by atoms with Crippen LogP contribution in [0.15, 0.2) is 23.4 Å². The highest BCUT2D eigenvalue weighted by molar-refractivity contribution is 7.89. The van der Waals surface area contributed by atoms with E-state index >= 15 is 0 Å². The molecular formula is C11H18N4O2S. The zero-order chi connectivity index (χ0) is 13.2. The highest BCUT2D eigenvalue weighted by Crippen LogP contribution is 2.39. The van der Waals surface area contributed by atoms with Crippen LogP contribution in [-0.4, -0.2) is 19.9 Å². The molecule has 0 radical (unpaired) electrons. The topological polar surface area (TPSA) is 97.1 Å². The number of nitrogens with zero attached hydrogens (tertiary/aromatic N) is 1. The number of hydrazine groups is 1. The fourth-order valence-electron chi connectivity index (χ4n) is 2.02. The van der Waals surface area contributed by atoms with Crippen molar-refractivity contribution in [2.75, 3.05) is 12.0 Å². The maximum Gasteiger partial charge on any atom is 0.244 e. The molecule has 0 spiro atoms. The third-order valence-electron chi connectivity index (χ3n) is 3.48. The van der Waals surface area contributed by atoms with Crippen LogP contribution in [0.1, 0.15) is 26.2 Å². The molecular weight excluding hydrogens is 252 g/mol. The van der Waals surface area contributed by atoms with Gasteiger partial charge in [-0.25, -0.2) is 13.1 Å². The molecule has 0 aliphatic heterocycles. The smallest absolute Gasteiger partial charge is 0.244 e. The van der Waals surface area contributed by atoms with Crippen molar-refractivity contribution in [3.63, 3.8) is 0 Å². The SMILES string of the molecule is CC1(CNS(=O)(=O)c2cnccc2NN)CCC1. The van der Waals surface area contributed by atoms with Crippen molar-refractivity contribution in [2.45, 2.75) is 31.1 Å². The van der Waals surface area contributed by atoms with Crippen molar-refractivity contribution in [1.29, 1.82) is 0 Å². The number of nitrogens with one attached hydrogen (secondary N) is 2. The van der Waals surface area contributed by atoms with Gasteiger partial charge in [0.05, 0.1) is 5.69 Å². The molecule has 0 amide bonds. The third kappa shape index (κ3) is 2.63. The highest BCUT2D eigenvalue weighted by atomic mass is 32.2. The fourth-order valence-corrected chi connectivity index (χ4v) is 3.33. The molecule has 2 rings (SSSR count). The largest absolute Gasteiger partial charge is 0.323 e. The minimum Gasteiger partial charge on any atom is -0.323 e. The molecule has 6 nitrogen and oxygen atoms in total. The molecule has 1 aliphatic carbocycles. The second kappa shape index (κ2) is 4.83. The molecule has 0 bridgehead atoms. The normalized spacial score (nSPS) is 18.1. The number of sulfonamides is 1. The minimum absolute atomic E-state index is 0.0791. The summed E-state index contributed by atoms with van der Waals surface area (Å²) in [5, 5.41) is 0. The van der Waals surface area contributed by atoms with Crippen LogP contribution < -0.4 is 16.0 Å². The van der Waals surface area contributed by atoms with Crippen LogP contribution in [0.25, 0.3) is 0 Å². The van der Waals surface area contributed by atoms with Gasteiger partial charge in [0.1, 0.15) is 4.90 Å². The Balaban J connectivity index is 2.15. The molecule has 0 unspecified atom stereocenters. The lowest BCUT2D eigenvalue weighted by Crippen LogP contribution is -2.40. The summed E-state index contributed by atoms with van der Waals surface area (Å²) in [4.78, 5) is 3.90. The van der Waals surface area contributed by atoms with Gasteiger partial charge in [0.2, 0.25) is 10.0 Å². The van der Waals surface area contributed by atoms with E-state index in [1.807, 2.05) is 0 Å². The highest BCUT2D eigenvalue weighted by Gasteiger charge is 2.33. The molecule has 0 saturated heterocycles. The molecule has 1 heterocycles. The van der Waals surface area contributed by atoms with Crippen LogP contribution in [0.3, 0.4) is 0 Å². The first-order valence-electron chi connectivity index (χ1n) is 5.87. The van der Waals surface area contributed by atoms with E-state index in [0.717, 1.165) is 12.8 Å². The van der Waals surface area contributed by atoms with Gasteiger partial charge in [0, 0.05) is 18.9 Å². The van der Waals surface area contributed by atoms with E-state index in [2.05, 4.69) is 22.1 Å². The lowest BCUT2D eigenvalue weighted by atomic mass is 9.71. The maximum absolute atomic E-state index is 12.2. The van der Waals surface area contributed by atoms with E-state index in [9.17, 15) is 8.42 Å². The molecule has 18 heavy (non-hydrogen) atoms. The van der Waals surface area contributed by atoms with Crippen LogP contribution in [0, 0.1) is 5.41 Å². The van der Waals surface area contributed by atoms with Crippen LogP contribution >= 0.6 is 0 Å². The first-order chi connectivity index (χ1) is 8.47. The number of rotatable bonds is 5. The van der Waals surface area contributed by atoms with Gasteiger partial charge < -0.3 is 5.43 Å². The van der Waals surface area contributed by atoms with Crippen LogP contribution in [0.4, 0.5) is 5.69 Å². The summed E-state index contributed by atoms with van der Waals surface area (Å²) in [5.41, 5.74) is 2.80. The van der Waals surface area contributed by atoms with Crippen molar-refractivity contribution < 1.29 is 8.42 Å². The summed E-state index contributed by atoms with van der Waals surface area (Å²) in [7, 11) is -3.57. The molecule has 4 N–H and O–H groups in total. The van der Waals surface area contributed by atoms with Gasteiger partial charge >= 0.3 is 0 Å². The Kier molecular flexibility index (Phi) is 3.56. The first-order valence-corrected chi connectivity index (χ1v) is 7.35. The van der Waals surface area contributed by atoms with E-state index < -0.39 is 10.0 Å². The molecule has 7 heteroatoms. The molecule has 1 saturated carbocycles. The Morgan fingerprint density at radius 3 is 2.78 bits per heavy atom. The lowest BCUT2D eigenvalue weighted by molar-refractivity contribution is 0.166. The third-order valence-corrected chi connectivity index (χ3v) is 4.91. The average molecular weight is 270 g/mol. The number of anilines is 1. The molecule has 1 aromatic rings. The monoisotopic (exact) mass is 270 g/mol. The number of pyridine rings is 1. The fraction of sp³-hybridized carbons (Fsp3) is 0.545. The van der Waals surface area contributed by atoms with E-state index in [0.29, 0.717) is 12.2 Å². The van der Waals surface area contributed by atoms with Gasteiger partial charge in [-0.05, 0) is 24.3 Å². The Bertz CT molecular complexity index is 526. The van der Waals surface area contributed by atoms with E-state index in [4.69, 9.17) is 5.84 Å². The number of aromatic nitrogens is 1. The molecule has 0 aromatic carbocycles. The van der Waals surface area contributed by atoms with Crippen LogP contribution in [0.2, 0.25) is 0 Å². The molecule has 1 fully saturated rings. The van der Waals surface area contributed by atoms with Crippen LogP contribution in [0.5, 0.6) is 0 Å². The van der Waals surface area contributed by atoms with Crippen molar-refractivity contribution in [1.82, 2.24) is 9.71 Å². The Labute approximate surface area is 107 Å². The first kappa shape index (κ1) is 13.3. The zero-order valence-corrected chi connectivity index (χ0v) is 11.1. The molecule has 0 atom stereocenters. The Hall–Kier alpha value is -1.18. The Morgan fingerprint density at radius 1 is 1.50 bits per heavy atom. The molecule has 100 valence electrons. The lowest BCUT2D eigenvalue weighted by Gasteiger charge is -2.38. The Morgan fingerprint density at radius 2 is 2.22 bits per heavy atom. The number of hydrogen-bond acceptors (Lipinski definition) is 5. The second-order valence-electron chi connectivity index (χ2n) is 5.00. The number of nitrogens with two attached hydrogens (primary N) is 1. The van der Waals surface area contributed by atoms with Crippen molar-refractivity contribution in [3.05, 3.63) is 18.5 Å². The van der Waals surface area contributed by atoms with Gasteiger partial charge in [0.25, 0.3) is 0 Å². The predicted octanol–water partition coefficient (Wildman–Crippen LogP) is 0.836. The summed E-state index contributed by atoms with van der Waals surface area (Å²) in [6, 6.07) is 1.53. The quantitative estimate of drug-likeness (QED) is 0.544. The molecule has 1 aliphatic rings. The van der Waals surface area contributed by atoms with Crippen LogP contribution in [-0.2, 0) is 10.0 Å². The van der Waals surface area contributed by atoms with E-state index in [-0.39, 0.29) is 10.3 Å². The summed E-state index contributed by atoms with van der Waals surface area (Å²) in [6.07, 6.45) is 6.07. The van der Waals surface area contributed by atoms with Gasteiger partial charge in [0.15, 0.2) is 0 Å². The standard InChI is InChI=1S/C11H18N4O2S/c1-11(4-2-5-11)8-14-18(16,17)10-7-13-6-3-9(10)15-12/h3,6-7,14H,2,4-5,8,12H2,1H3,(H,13,15). The van der Waals surface area contributed by atoms with Crippen molar-refractivity contribution in [2.24, 2.45) is 11.3 Å². The summed E-state index contributed by atoms with van der Waals surface area (Å²) < 4.78 is 26.9. The van der Waals surface area contributed by atoms with Crippen molar-refractivity contribution >= 4 is 15.7 Å². The molecule has 1 aromatic heterocycles. The van der Waals surface area contributed by atoms with E-state index in [1.165, 1.54) is 24.9 Å². The average Bonchev–Trinajstić information content (AvgIpc) is 2.34. The second-order valence-corrected chi connectivity index (χ2v) is 6.74.